The summed E-state index contributed by atoms with van der Waals surface area (Å²) in [6.07, 6.45) is 7.47. The second-order valence-corrected chi connectivity index (χ2v) is 4.61. The van der Waals surface area contributed by atoms with Crippen LogP contribution in [0.2, 0.25) is 0 Å². The lowest BCUT2D eigenvalue weighted by atomic mass is 9.96. The number of rotatable bonds is 3. The third-order valence-corrected chi connectivity index (χ3v) is 3.28. The van der Waals surface area contributed by atoms with Crippen molar-refractivity contribution in [1.29, 1.82) is 0 Å². The molecule has 1 fully saturated rings. The molecule has 80 valence electrons. The predicted molar refractivity (Wildman–Crippen MR) is 59.5 cm³/mol. The Hall–Kier alpha value is -1.18. The topological polar surface area (TPSA) is 30.0 Å². The molecular formula is C13H17NO. The zero-order valence-electron chi connectivity index (χ0n) is 9.15. The predicted octanol–water partition coefficient (Wildman–Crippen LogP) is 2.63. The molecule has 0 bridgehead atoms. The molecule has 2 atom stereocenters. The normalized spacial score (nSPS) is 25.4. The Kier molecular flexibility index (Phi) is 3.14. The molecule has 0 amide bonds. The van der Waals surface area contributed by atoms with Gasteiger partial charge in [0.05, 0.1) is 0 Å². The molecule has 1 aromatic rings. The van der Waals surface area contributed by atoms with E-state index in [1.54, 1.807) is 12.4 Å². The van der Waals surface area contributed by atoms with Crippen molar-refractivity contribution in [2.45, 2.75) is 32.6 Å². The van der Waals surface area contributed by atoms with Crippen molar-refractivity contribution in [1.82, 2.24) is 4.98 Å². The van der Waals surface area contributed by atoms with Crippen LogP contribution < -0.4 is 0 Å². The van der Waals surface area contributed by atoms with Crippen LogP contribution in [0.1, 0.15) is 31.7 Å². The van der Waals surface area contributed by atoms with E-state index in [9.17, 15) is 4.79 Å². The Balaban J connectivity index is 1.93. The monoisotopic (exact) mass is 203 g/mol. The van der Waals surface area contributed by atoms with Crippen molar-refractivity contribution in [2.75, 3.05) is 0 Å². The van der Waals surface area contributed by atoms with E-state index in [4.69, 9.17) is 0 Å². The smallest absolute Gasteiger partial charge is 0.140 e. The Labute approximate surface area is 90.7 Å². The van der Waals surface area contributed by atoms with E-state index in [0.717, 1.165) is 24.3 Å². The maximum atomic E-state index is 11.9. The molecule has 0 radical (unpaired) electrons. The molecule has 2 rings (SSSR count). The first kappa shape index (κ1) is 10.3. The lowest BCUT2D eigenvalue weighted by Crippen LogP contribution is -2.13. The molecule has 1 aromatic heterocycles. The molecule has 1 aliphatic carbocycles. The van der Waals surface area contributed by atoms with Gasteiger partial charge in [-0.05, 0) is 42.9 Å². The second-order valence-electron chi connectivity index (χ2n) is 4.61. The van der Waals surface area contributed by atoms with Gasteiger partial charge in [-0.1, -0.05) is 6.92 Å². The first-order valence-electron chi connectivity index (χ1n) is 5.67. The molecule has 1 heterocycles. The van der Waals surface area contributed by atoms with Crippen LogP contribution in [0.25, 0.3) is 0 Å². The molecule has 2 heteroatoms. The number of carbonyl (C=O) groups is 1. The number of pyridine rings is 1. The molecule has 0 saturated heterocycles. The van der Waals surface area contributed by atoms with Crippen LogP contribution in [0.5, 0.6) is 0 Å². The summed E-state index contributed by atoms with van der Waals surface area (Å²) in [5, 5.41) is 0. The SMILES string of the molecule is CC1CCC(C(=O)Cc2ccncc2)C1. The van der Waals surface area contributed by atoms with Gasteiger partial charge in [0, 0.05) is 24.7 Å². The first-order chi connectivity index (χ1) is 7.25. The minimum absolute atomic E-state index is 0.313. The highest BCUT2D eigenvalue weighted by molar-refractivity contribution is 5.83. The second kappa shape index (κ2) is 4.56. The van der Waals surface area contributed by atoms with Crippen molar-refractivity contribution < 1.29 is 4.79 Å². The summed E-state index contributed by atoms with van der Waals surface area (Å²) in [5.41, 5.74) is 1.09. The fourth-order valence-electron chi connectivity index (χ4n) is 2.35. The number of aromatic nitrogens is 1. The summed E-state index contributed by atoms with van der Waals surface area (Å²) in [6.45, 7) is 2.24. The maximum Gasteiger partial charge on any atom is 0.140 e. The van der Waals surface area contributed by atoms with E-state index < -0.39 is 0 Å². The highest BCUT2D eigenvalue weighted by Gasteiger charge is 2.26. The van der Waals surface area contributed by atoms with Gasteiger partial charge in [0.2, 0.25) is 0 Å². The fourth-order valence-corrected chi connectivity index (χ4v) is 2.35. The van der Waals surface area contributed by atoms with Crippen LogP contribution in [-0.2, 0) is 11.2 Å². The van der Waals surface area contributed by atoms with Gasteiger partial charge in [-0.3, -0.25) is 9.78 Å². The van der Waals surface area contributed by atoms with E-state index in [2.05, 4.69) is 11.9 Å². The Morgan fingerprint density at radius 2 is 2.13 bits per heavy atom. The standard InChI is InChI=1S/C13H17NO/c1-10-2-3-12(8-10)13(15)9-11-4-6-14-7-5-11/h4-7,10,12H,2-3,8-9H2,1H3. The van der Waals surface area contributed by atoms with Crippen molar-refractivity contribution >= 4 is 5.78 Å². The summed E-state index contributed by atoms with van der Waals surface area (Å²) in [5.74, 6) is 1.45. The van der Waals surface area contributed by atoms with Crippen LogP contribution in [-0.4, -0.2) is 10.8 Å². The molecule has 0 aromatic carbocycles. The Bertz CT molecular complexity index is 334. The zero-order valence-corrected chi connectivity index (χ0v) is 9.15. The summed E-state index contributed by atoms with van der Waals surface area (Å²) in [6, 6.07) is 3.85. The largest absolute Gasteiger partial charge is 0.299 e. The van der Waals surface area contributed by atoms with Gasteiger partial charge in [0.1, 0.15) is 5.78 Å². The number of ketones is 1. The van der Waals surface area contributed by atoms with Gasteiger partial charge in [0.15, 0.2) is 0 Å². The molecule has 0 N–H and O–H groups in total. The van der Waals surface area contributed by atoms with Crippen LogP contribution in [0.4, 0.5) is 0 Å². The van der Waals surface area contributed by atoms with Crippen LogP contribution in [0.15, 0.2) is 24.5 Å². The molecule has 0 spiro atoms. The zero-order chi connectivity index (χ0) is 10.7. The van der Waals surface area contributed by atoms with Gasteiger partial charge in [-0.15, -0.1) is 0 Å². The van der Waals surface area contributed by atoms with Crippen molar-refractivity contribution in [3.63, 3.8) is 0 Å². The number of nitrogens with zero attached hydrogens (tertiary/aromatic N) is 1. The lowest BCUT2D eigenvalue weighted by molar-refractivity contribution is -0.122. The number of hydrogen-bond donors (Lipinski definition) is 0. The number of hydrogen-bond acceptors (Lipinski definition) is 2. The first-order valence-corrected chi connectivity index (χ1v) is 5.67. The van der Waals surface area contributed by atoms with Gasteiger partial charge in [-0.25, -0.2) is 0 Å². The number of Topliss-reactive ketones (excluding diaryl/α,β-unsaturated/α-hetero) is 1. The van der Waals surface area contributed by atoms with Crippen molar-refractivity contribution in [3.05, 3.63) is 30.1 Å². The van der Waals surface area contributed by atoms with Crippen LogP contribution in [0, 0.1) is 11.8 Å². The molecule has 1 aliphatic rings. The summed E-state index contributed by atoms with van der Waals surface area (Å²) in [7, 11) is 0. The minimum atomic E-state index is 0.313. The van der Waals surface area contributed by atoms with Gasteiger partial charge < -0.3 is 0 Å². The average Bonchev–Trinajstić information content (AvgIpc) is 2.66. The van der Waals surface area contributed by atoms with Gasteiger partial charge >= 0.3 is 0 Å². The third-order valence-electron chi connectivity index (χ3n) is 3.28. The van der Waals surface area contributed by atoms with Crippen molar-refractivity contribution in [2.24, 2.45) is 11.8 Å². The van der Waals surface area contributed by atoms with Gasteiger partial charge in [0.25, 0.3) is 0 Å². The van der Waals surface area contributed by atoms with Crippen molar-refractivity contribution in [3.8, 4) is 0 Å². The quantitative estimate of drug-likeness (QED) is 0.756. The fraction of sp³-hybridized carbons (Fsp3) is 0.538. The summed E-state index contributed by atoms with van der Waals surface area (Å²) < 4.78 is 0. The van der Waals surface area contributed by atoms with Crippen LogP contribution in [0.3, 0.4) is 0 Å². The molecule has 15 heavy (non-hydrogen) atoms. The van der Waals surface area contributed by atoms with Crippen LogP contribution >= 0.6 is 0 Å². The molecule has 0 aliphatic heterocycles. The summed E-state index contributed by atoms with van der Waals surface area (Å²) >= 11 is 0. The number of carbonyl (C=O) groups excluding carboxylic acids is 1. The molecular weight excluding hydrogens is 186 g/mol. The van der Waals surface area contributed by atoms with E-state index in [0.29, 0.717) is 18.1 Å². The average molecular weight is 203 g/mol. The molecule has 2 unspecified atom stereocenters. The Morgan fingerprint density at radius 1 is 1.40 bits per heavy atom. The summed E-state index contributed by atoms with van der Waals surface area (Å²) in [4.78, 5) is 15.9. The van der Waals surface area contributed by atoms with E-state index in [1.165, 1.54) is 6.42 Å². The highest BCUT2D eigenvalue weighted by atomic mass is 16.1. The van der Waals surface area contributed by atoms with E-state index in [-0.39, 0.29) is 0 Å². The molecule has 2 nitrogen and oxygen atoms in total. The lowest BCUT2D eigenvalue weighted by Gasteiger charge is -2.07. The van der Waals surface area contributed by atoms with E-state index >= 15 is 0 Å². The van der Waals surface area contributed by atoms with E-state index in [1.807, 2.05) is 12.1 Å². The molecule has 1 saturated carbocycles. The third kappa shape index (κ3) is 2.65. The Morgan fingerprint density at radius 3 is 2.73 bits per heavy atom. The maximum absolute atomic E-state index is 11.9. The minimum Gasteiger partial charge on any atom is -0.299 e. The van der Waals surface area contributed by atoms with Gasteiger partial charge in [-0.2, -0.15) is 0 Å². The highest BCUT2D eigenvalue weighted by Crippen LogP contribution is 2.31.